The van der Waals surface area contributed by atoms with E-state index >= 15 is 0 Å². The highest BCUT2D eigenvalue weighted by atomic mass is 16.5. The molecule has 1 aliphatic carbocycles. The van der Waals surface area contributed by atoms with Crippen LogP contribution >= 0.6 is 0 Å². The lowest BCUT2D eigenvalue weighted by Crippen LogP contribution is -2.10. The fourth-order valence-electron chi connectivity index (χ4n) is 1.89. The highest BCUT2D eigenvalue weighted by Crippen LogP contribution is 2.29. The van der Waals surface area contributed by atoms with Crippen molar-refractivity contribution in [2.75, 3.05) is 6.61 Å². The van der Waals surface area contributed by atoms with Gasteiger partial charge in [0, 0.05) is 0 Å². The van der Waals surface area contributed by atoms with Gasteiger partial charge in [0.25, 0.3) is 0 Å². The summed E-state index contributed by atoms with van der Waals surface area (Å²) in [6.45, 7) is 8.36. The van der Waals surface area contributed by atoms with E-state index in [2.05, 4.69) is 19.6 Å². The van der Waals surface area contributed by atoms with Crippen LogP contribution in [0.15, 0.2) is 23.8 Å². The molecule has 0 aromatic heterocycles. The van der Waals surface area contributed by atoms with Crippen molar-refractivity contribution in [3.63, 3.8) is 0 Å². The molecule has 0 radical (unpaired) electrons. The van der Waals surface area contributed by atoms with Gasteiger partial charge in [0.15, 0.2) is 0 Å². The molecular formula is C13H20O2. The fourth-order valence-corrected chi connectivity index (χ4v) is 1.89. The molecule has 84 valence electrons. The standard InChI is InChI=1S/C13H20O2/c1-4-15-13(14)9-11-5-7-12(8-6-11)10(2)3/h5,12H,2,4,6-9H2,1,3H3/t12-/m1/s1. The molecule has 0 aliphatic heterocycles. The molecule has 0 saturated heterocycles. The van der Waals surface area contributed by atoms with Crippen molar-refractivity contribution < 1.29 is 9.53 Å². The summed E-state index contributed by atoms with van der Waals surface area (Å²) in [5, 5.41) is 0. The monoisotopic (exact) mass is 208 g/mol. The van der Waals surface area contributed by atoms with Gasteiger partial charge in [0.1, 0.15) is 0 Å². The minimum Gasteiger partial charge on any atom is -0.466 e. The Morgan fingerprint density at radius 3 is 2.87 bits per heavy atom. The number of allylic oxidation sites excluding steroid dienone is 2. The lowest BCUT2D eigenvalue weighted by molar-refractivity contribution is -0.142. The Morgan fingerprint density at radius 1 is 1.67 bits per heavy atom. The third-order valence-corrected chi connectivity index (χ3v) is 2.88. The van der Waals surface area contributed by atoms with Gasteiger partial charge in [0.05, 0.1) is 13.0 Å². The molecule has 0 amide bonds. The van der Waals surface area contributed by atoms with Crippen molar-refractivity contribution in [2.45, 2.75) is 39.5 Å². The predicted octanol–water partition coefficient (Wildman–Crippen LogP) is 3.24. The highest BCUT2D eigenvalue weighted by Gasteiger charge is 2.16. The Labute approximate surface area is 92.0 Å². The summed E-state index contributed by atoms with van der Waals surface area (Å²) < 4.78 is 4.92. The summed E-state index contributed by atoms with van der Waals surface area (Å²) in [6.07, 6.45) is 5.82. The average molecular weight is 208 g/mol. The van der Waals surface area contributed by atoms with Gasteiger partial charge in [0.2, 0.25) is 0 Å². The molecule has 0 saturated carbocycles. The van der Waals surface area contributed by atoms with E-state index in [9.17, 15) is 4.79 Å². The zero-order valence-corrected chi connectivity index (χ0v) is 9.71. The predicted molar refractivity (Wildman–Crippen MR) is 61.5 cm³/mol. The smallest absolute Gasteiger partial charge is 0.309 e. The second-order valence-corrected chi connectivity index (χ2v) is 4.16. The minimum atomic E-state index is -0.0995. The summed E-state index contributed by atoms with van der Waals surface area (Å²) in [4.78, 5) is 11.2. The SMILES string of the molecule is C=C(C)[C@@H]1CC=C(CC(=O)OCC)CC1. The maximum atomic E-state index is 11.2. The lowest BCUT2D eigenvalue weighted by atomic mass is 9.85. The van der Waals surface area contributed by atoms with Crippen molar-refractivity contribution in [3.05, 3.63) is 23.8 Å². The van der Waals surface area contributed by atoms with Gasteiger partial charge in [-0.25, -0.2) is 0 Å². The van der Waals surface area contributed by atoms with E-state index in [0.717, 1.165) is 19.3 Å². The van der Waals surface area contributed by atoms with Gasteiger partial charge in [-0.3, -0.25) is 4.79 Å². The Bertz CT molecular complexity index is 276. The molecule has 0 N–H and O–H groups in total. The van der Waals surface area contributed by atoms with Crippen LogP contribution in [0.3, 0.4) is 0 Å². The van der Waals surface area contributed by atoms with Gasteiger partial charge in [-0.2, -0.15) is 0 Å². The van der Waals surface area contributed by atoms with Crippen molar-refractivity contribution in [1.29, 1.82) is 0 Å². The van der Waals surface area contributed by atoms with E-state index < -0.39 is 0 Å². The fraction of sp³-hybridized carbons (Fsp3) is 0.615. The summed E-state index contributed by atoms with van der Waals surface area (Å²) in [5.41, 5.74) is 2.48. The molecule has 2 nitrogen and oxygen atoms in total. The van der Waals surface area contributed by atoms with Crippen LogP contribution in [-0.2, 0) is 9.53 Å². The second kappa shape index (κ2) is 5.74. The molecule has 0 bridgehead atoms. The molecule has 0 heterocycles. The van der Waals surface area contributed by atoms with E-state index in [1.165, 1.54) is 11.1 Å². The van der Waals surface area contributed by atoms with Gasteiger partial charge in [-0.05, 0) is 39.0 Å². The number of esters is 1. The molecule has 0 spiro atoms. The summed E-state index contributed by atoms with van der Waals surface area (Å²) in [7, 11) is 0. The van der Waals surface area contributed by atoms with Gasteiger partial charge in [-0.1, -0.05) is 23.8 Å². The first kappa shape index (κ1) is 12.0. The molecule has 0 aromatic rings. The minimum absolute atomic E-state index is 0.0995. The first-order chi connectivity index (χ1) is 7.13. The van der Waals surface area contributed by atoms with E-state index in [1.807, 2.05) is 6.92 Å². The third kappa shape index (κ3) is 3.90. The molecule has 2 heteroatoms. The second-order valence-electron chi connectivity index (χ2n) is 4.16. The maximum absolute atomic E-state index is 11.2. The van der Waals surface area contributed by atoms with Crippen molar-refractivity contribution in [3.8, 4) is 0 Å². The van der Waals surface area contributed by atoms with E-state index in [-0.39, 0.29) is 5.97 Å². The highest BCUT2D eigenvalue weighted by molar-refractivity contribution is 5.72. The van der Waals surface area contributed by atoms with Crippen molar-refractivity contribution in [1.82, 2.24) is 0 Å². The van der Waals surface area contributed by atoms with Gasteiger partial charge < -0.3 is 4.74 Å². The van der Waals surface area contributed by atoms with Crippen LogP contribution in [-0.4, -0.2) is 12.6 Å². The van der Waals surface area contributed by atoms with Crippen LogP contribution in [0.5, 0.6) is 0 Å². The molecule has 0 aromatic carbocycles. The molecule has 1 aliphatic rings. The Balaban J connectivity index is 2.40. The molecule has 0 unspecified atom stereocenters. The van der Waals surface area contributed by atoms with Crippen LogP contribution in [0, 0.1) is 5.92 Å². The van der Waals surface area contributed by atoms with E-state index in [1.54, 1.807) is 0 Å². The molecule has 1 atom stereocenters. The van der Waals surface area contributed by atoms with Crippen LogP contribution < -0.4 is 0 Å². The number of hydrogen-bond donors (Lipinski definition) is 0. The van der Waals surface area contributed by atoms with Crippen LogP contribution in [0.25, 0.3) is 0 Å². The molecule has 1 rings (SSSR count). The largest absolute Gasteiger partial charge is 0.466 e. The number of carbonyl (C=O) groups excluding carboxylic acids is 1. The number of hydrogen-bond acceptors (Lipinski definition) is 2. The normalized spacial score (nSPS) is 20.7. The Hall–Kier alpha value is -1.05. The van der Waals surface area contributed by atoms with Crippen LogP contribution in [0.2, 0.25) is 0 Å². The van der Waals surface area contributed by atoms with Crippen LogP contribution in [0.1, 0.15) is 39.5 Å². The van der Waals surface area contributed by atoms with E-state index in [0.29, 0.717) is 18.9 Å². The maximum Gasteiger partial charge on any atom is 0.309 e. The topological polar surface area (TPSA) is 26.3 Å². The number of carbonyl (C=O) groups is 1. The quantitative estimate of drug-likeness (QED) is 0.523. The van der Waals surface area contributed by atoms with Crippen molar-refractivity contribution in [2.24, 2.45) is 5.92 Å². The van der Waals surface area contributed by atoms with Gasteiger partial charge >= 0.3 is 5.97 Å². The lowest BCUT2D eigenvalue weighted by Gasteiger charge is -2.21. The molecular weight excluding hydrogens is 188 g/mol. The number of rotatable bonds is 4. The Kier molecular flexibility index (Phi) is 4.60. The number of ether oxygens (including phenoxy) is 1. The molecule has 0 fully saturated rings. The van der Waals surface area contributed by atoms with Gasteiger partial charge in [-0.15, -0.1) is 0 Å². The zero-order valence-electron chi connectivity index (χ0n) is 9.71. The van der Waals surface area contributed by atoms with Crippen molar-refractivity contribution >= 4 is 5.97 Å². The third-order valence-electron chi connectivity index (χ3n) is 2.88. The van der Waals surface area contributed by atoms with E-state index in [4.69, 9.17) is 4.74 Å². The summed E-state index contributed by atoms with van der Waals surface area (Å²) in [5.74, 6) is 0.508. The Morgan fingerprint density at radius 2 is 2.40 bits per heavy atom. The first-order valence-corrected chi connectivity index (χ1v) is 5.62. The summed E-state index contributed by atoms with van der Waals surface area (Å²) in [6, 6.07) is 0. The average Bonchev–Trinajstić information content (AvgIpc) is 2.18. The van der Waals surface area contributed by atoms with Crippen LogP contribution in [0.4, 0.5) is 0 Å². The first-order valence-electron chi connectivity index (χ1n) is 5.62. The molecule has 15 heavy (non-hydrogen) atoms. The summed E-state index contributed by atoms with van der Waals surface area (Å²) >= 11 is 0. The zero-order chi connectivity index (χ0) is 11.3.